The molecule has 1 fully saturated rings. The van der Waals surface area contributed by atoms with Crippen molar-refractivity contribution in [2.75, 3.05) is 19.6 Å². The molecule has 1 aliphatic heterocycles. The summed E-state index contributed by atoms with van der Waals surface area (Å²) in [5.41, 5.74) is 11.5. The topological polar surface area (TPSA) is 165 Å². The van der Waals surface area contributed by atoms with E-state index in [9.17, 15) is 22.8 Å². The molecule has 2 aliphatic rings. The van der Waals surface area contributed by atoms with E-state index in [2.05, 4.69) is 16.6 Å². The molecule has 1 unspecified atom stereocenters. The standard InChI is InChI=1S/C27H33N5O5S/c1-2-17-11-14-32(15-12-17)26(35)23(8-5-13-30-27(28)29)31-38(36,37)18-9-10-21-22(16-18)25(34)20-7-4-3-6-19(20)24(21)33/h3-4,6-7,9-10,16-17,23,31H,2,5,8,11-15H2,1H3,(H4,28,29,30). The van der Waals surface area contributed by atoms with Crippen molar-refractivity contribution >= 4 is 33.5 Å². The Kier molecular flexibility index (Phi) is 8.27. The molecule has 1 heterocycles. The minimum atomic E-state index is -4.21. The maximum atomic E-state index is 13.4. The van der Waals surface area contributed by atoms with E-state index in [-0.39, 0.29) is 57.8 Å². The highest BCUT2D eigenvalue weighted by molar-refractivity contribution is 7.89. The van der Waals surface area contributed by atoms with Crippen LogP contribution in [0.2, 0.25) is 0 Å². The number of amides is 1. The molecule has 2 aromatic rings. The van der Waals surface area contributed by atoms with Crippen molar-refractivity contribution in [2.24, 2.45) is 22.4 Å². The second-order valence-corrected chi connectivity index (χ2v) is 11.4. The summed E-state index contributed by atoms with van der Waals surface area (Å²) in [5.74, 6) is -0.584. The smallest absolute Gasteiger partial charge is 0.241 e. The average Bonchev–Trinajstić information content (AvgIpc) is 2.92. The fourth-order valence-corrected chi connectivity index (χ4v) is 6.27. The highest BCUT2D eigenvalue weighted by Crippen LogP contribution is 2.29. The lowest BCUT2D eigenvalue weighted by atomic mass is 9.84. The molecule has 11 heteroatoms. The van der Waals surface area contributed by atoms with E-state index < -0.39 is 21.8 Å². The number of nitrogens with two attached hydrogens (primary N) is 2. The second kappa shape index (κ2) is 11.4. The van der Waals surface area contributed by atoms with Gasteiger partial charge in [-0.15, -0.1) is 0 Å². The molecular weight excluding hydrogens is 506 g/mol. The van der Waals surface area contributed by atoms with Gasteiger partial charge in [0.15, 0.2) is 17.5 Å². The Balaban J connectivity index is 1.58. The quantitative estimate of drug-likeness (QED) is 0.212. The first-order valence-electron chi connectivity index (χ1n) is 12.8. The van der Waals surface area contributed by atoms with Crippen LogP contribution >= 0.6 is 0 Å². The molecule has 0 radical (unpaired) electrons. The SMILES string of the molecule is CCC1CCN(C(=O)C(CCCN=C(N)N)NS(=O)(=O)c2ccc3c(c2)C(=O)c2ccccc2C3=O)CC1. The molecule has 1 aliphatic carbocycles. The lowest BCUT2D eigenvalue weighted by Crippen LogP contribution is -2.50. The molecule has 2 aromatic carbocycles. The largest absolute Gasteiger partial charge is 0.370 e. The maximum absolute atomic E-state index is 13.4. The first-order valence-corrected chi connectivity index (χ1v) is 14.3. The third kappa shape index (κ3) is 5.78. The molecule has 0 spiro atoms. The number of rotatable bonds is 9. The Morgan fingerprint density at radius 2 is 1.63 bits per heavy atom. The van der Waals surface area contributed by atoms with Crippen LogP contribution in [0.3, 0.4) is 0 Å². The van der Waals surface area contributed by atoms with Gasteiger partial charge in [-0.2, -0.15) is 4.72 Å². The van der Waals surface area contributed by atoms with Crippen LogP contribution in [0.5, 0.6) is 0 Å². The summed E-state index contributed by atoms with van der Waals surface area (Å²) in [6, 6.07) is 9.27. The molecule has 38 heavy (non-hydrogen) atoms. The van der Waals surface area contributed by atoms with E-state index >= 15 is 0 Å². The summed E-state index contributed by atoms with van der Waals surface area (Å²) in [5, 5.41) is 0. The number of ketones is 2. The van der Waals surface area contributed by atoms with Crippen LogP contribution in [0.15, 0.2) is 52.4 Å². The Hall–Kier alpha value is -3.57. The van der Waals surface area contributed by atoms with Gasteiger partial charge in [0, 0.05) is 41.9 Å². The minimum Gasteiger partial charge on any atom is -0.370 e. The Labute approximate surface area is 222 Å². The van der Waals surface area contributed by atoms with Gasteiger partial charge >= 0.3 is 0 Å². The minimum absolute atomic E-state index is 0.0221. The molecule has 1 atom stereocenters. The number of aliphatic imine (C=N–C) groups is 1. The first-order chi connectivity index (χ1) is 18.1. The van der Waals surface area contributed by atoms with E-state index in [0.717, 1.165) is 19.3 Å². The van der Waals surface area contributed by atoms with Crippen LogP contribution in [0.25, 0.3) is 0 Å². The molecular formula is C27H33N5O5S. The fourth-order valence-electron chi connectivity index (χ4n) is 5.02. The van der Waals surface area contributed by atoms with E-state index in [0.29, 0.717) is 25.4 Å². The van der Waals surface area contributed by atoms with E-state index in [1.807, 2.05) is 0 Å². The third-order valence-electron chi connectivity index (χ3n) is 7.25. The summed E-state index contributed by atoms with van der Waals surface area (Å²) in [6.45, 7) is 3.51. The predicted octanol–water partition coefficient (Wildman–Crippen LogP) is 1.81. The van der Waals surface area contributed by atoms with Gasteiger partial charge in [0.25, 0.3) is 0 Å². The number of nitrogens with zero attached hydrogens (tertiary/aromatic N) is 2. The van der Waals surface area contributed by atoms with Gasteiger partial charge in [0.1, 0.15) is 6.04 Å². The average molecular weight is 540 g/mol. The zero-order valence-corrected chi connectivity index (χ0v) is 22.2. The lowest BCUT2D eigenvalue weighted by Gasteiger charge is -2.34. The van der Waals surface area contributed by atoms with Gasteiger partial charge in [-0.3, -0.25) is 19.4 Å². The van der Waals surface area contributed by atoms with Crippen molar-refractivity contribution in [1.82, 2.24) is 9.62 Å². The van der Waals surface area contributed by atoms with E-state index in [4.69, 9.17) is 11.5 Å². The van der Waals surface area contributed by atoms with Crippen LogP contribution in [0.1, 0.15) is 70.9 Å². The Morgan fingerprint density at radius 3 is 2.24 bits per heavy atom. The first kappa shape index (κ1) is 27.5. The van der Waals surface area contributed by atoms with Crippen molar-refractivity contribution in [3.8, 4) is 0 Å². The van der Waals surface area contributed by atoms with Gasteiger partial charge < -0.3 is 16.4 Å². The molecule has 4 rings (SSSR count). The van der Waals surface area contributed by atoms with Crippen LogP contribution in [0.4, 0.5) is 0 Å². The zero-order valence-electron chi connectivity index (χ0n) is 21.4. The number of carbonyl (C=O) groups is 3. The monoisotopic (exact) mass is 539 g/mol. The van der Waals surface area contributed by atoms with Gasteiger partial charge in [-0.1, -0.05) is 37.6 Å². The highest BCUT2D eigenvalue weighted by atomic mass is 32.2. The van der Waals surface area contributed by atoms with Crippen LogP contribution in [0, 0.1) is 5.92 Å². The van der Waals surface area contributed by atoms with Crippen molar-refractivity contribution in [3.05, 3.63) is 64.7 Å². The summed E-state index contributed by atoms with van der Waals surface area (Å²) in [4.78, 5) is 44.8. The number of hydrogen-bond donors (Lipinski definition) is 3. The number of guanidine groups is 1. The zero-order chi connectivity index (χ0) is 27.4. The normalized spacial score (nSPS) is 16.5. The van der Waals surface area contributed by atoms with Gasteiger partial charge in [0.05, 0.1) is 4.90 Å². The lowest BCUT2D eigenvalue weighted by molar-refractivity contribution is -0.134. The highest BCUT2D eigenvalue weighted by Gasteiger charge is 2.34. The number of likely N-dealkylation sites (tertiary alicyclic amines) is 1. The van der Waals surface area contributed by atoms with E-state index in [1.165, 1.54) is 18.2 Å². The summed E-state index contributed by atoms with van der Waals surface area (Å²) < 4.78 is 29.4. The Bertz CT molecular complexity index is 1380. The maximum Gasteiger partial charge on any atom is 0.241 e. The number of hydrogen-bond acceptors (Lipinski definition) is 6. The van der Waals surface area contributed by atoms with Crippen molar-refractivity contribution in [3.63, 3.8) is 0 Å². The van der Waals surface area contributed by atoms with Crippen LogP contribution in [-0.2, 0) is 14.8 Å². The summed E-state index contributed by atoms with van der Waals surface area (Å²) >= 11 is 0. The van der Waals surface area contributed by atoms with Crippen molar-refractivity contribution in [2.45, 2.75) is 50.0 Å². The molecule has 0 saturated carbocycles. The number of benzene rings is 2. The number of sulfonamides is 1. The number of carbonyl (C=O) groups excluding carboxylic acids is 3. The van der Waals surface area contributed by atoms with Crippen LogP contribution in [-0.4, -0.2) is 62.4 Å². The van der Waals surface area contributed by atoms with Crippen molar-refractivity contribution < 1.29 is 22.8 Å². The molecule has 10 nitrogen and oxygen atoms in total. The predicted molar refractivity (Wildman–Crippen MR) is 143 cm³/mol. The third-order valence-corrected chi connectivity index (χ3v) is 8.72. The van der Waals surface area contributed by atoms with Gasteiger partial charge in [0.2, 0.25) is 15.9 Å². The fraction of sp³-hybridized carbons (Fsp3) is 0.407. The number of nitrogens with one attached hydrogen (secondary N) is 1. The molecule has 0 aromatic heterocycles. The molecule has 1 amide bonds. The Morgan fingerprint density at radius 1 is 1.03 bits per heavy atom. The number of fused-ring (bicyclic) bond motifs is 2. The molecule has 5 N–H and O–H groups in total. The van der Waals surface area contributed by atoms with Crippen LogP contribution < -0.4 is 16.2 Å². The molecule has 0 bridgehead atoms. The second-order valence-electron chi connectivity index (χ2n) is 9.71. The summed E-state index contributed by atoms with van der Waals surface area (Å²) in [7, 11) is -4.21. The molecule has 202 valence electrons. The van der Waals surface area contributed by atoms with E-state index in [1.54, 1.807) is 29.2 Å². The molecule has 1 saturated heterocycles. The van der Waals surface area contributed by atoms with Crippen molar-refractivity contribution in [1.29, 1.82) is 0 Å². The number of piperidine rings is 1. The summed E-state index contributed by atoms with van der Waals surface area (Å²) in [6.07, 6.45) is 3.37. The van der Waals surface area contributed by atoms with Gasteiger partial charge in [-0.05, 0) is 49.8 Å². The van der Waals surface area contributed by atoms with Gasteiger partial charge in [-0.25, -0.2) is 8.42 Å².